The average molecular weight is 1690 g/mol. The summed E-state index contributed by atoms with van der Waals surface area (Å²) in [6.45, 7) is 0.782. The van der Waals surface area contributed by atoms with Crippen molar-refractivity contribution in [2.75, 3.05) is 52.5 Å². The van der Waals surface area contributed by atoms with Gasteiger partial charge in [-0.25, -0.2) is 19.7 Å². The number of hydrogen-bond acceptors (Lipinski definition) is 21. The molecule has 0 atom stereocenters. The van der Waals surface area contributed by atoms with Crippen LogP contribution >= 0.6 is 83.1 Å². The van der Waals surface area contributed by atoms with Crippen LogP contribution in [-0.4, -0.2) is 161 Å². The van der Waals surface area contributed by atoms with Crippen molar-refractivity contribution in [1.29, 1.82) is 15.8 Å². The molecule has 9 aromatic rings. The third kappa shape index (κ3) is 22.0. The molecular weight excluding hydrogens is 1640 g/mol. The predicted octanol–water partition coefficient (Wildman–Crippen LogP) is 8.86. The number of amides is 5. The zero-order valence-electron chi connectivity index (χ0n) is 53.4. The summed E-state index contributed by atoms with van der Waals surface area (Å²) in [7, 11) is 0. The fraction of sp³-hybridized carbons (Fsp3) is 0.203. The largest absolute Gasteiger partial charge is 0.480 e. The SMILES string of the molecule is CCOC(=O)CNC(=O)CN.CCOC(=O)CNC(=O)CNC(=O)C(F)(F)Sc1ncc(Br)n1-c1ccc(C#N)c2ccccc12.N#Cc1ccc(-n2c(Br)cnc2SC(F)(F)C(=O)NCC(=O)NCC(=O)O)c2ccccc12.N#Cc1ccc(-n2c(Br)cnc2SC(F)(F)C(=O)O)c2ccccc12. The van der Waals surface area contributed by atoms with Crippen molar-refractivity contribution in [2.45, 2.75) is 45.1 Å². The Bertz CT molecular complexity index is 4880. The standard InChI is InChI=1S/C22H18BrF2N5O4S.C20H14BrF2N5O4S.C16H8BrF2N3O2S.C6H12N2O3/c1-2-34-19(32)12-27-18(31)11-28-20(33)22(24,25)35-21-29-10-17(23)30(21)16-8-7-13(9-26)14-5-3-4-6-15(14)16;21-15-8-27-19(33-20(22,23)18(32)26-9-16(29)25-10-17(30)31)28(15)14-6-5-11(7-24)12-3-1-2-4-13(12)14;17-13-8-21-15(25-16(18,19)14(23)24)22(13)12-6-5-9(7-20)10-3-1-2-4-11(10)12;1-2-11-6(10)4-8-5(9)3-7/h3-8,10H,2,11-12H2,1H3,(H,27,31)(H,28,33);1-6,8H,9-10H2,(H,25,29)(H,26,32)(H,30,31);1-6,8H,(H,23,24);2-4,7H2,1H3,(H,8,9). The first-order valence-electron chi connectivity index (χ1n) is 29.4. The molecule has 0 saturated carbocycles. The summed E-state index contributed by atoms with van der Waals surface area (Å²) >= 11 is 9.43. The molecule has 0 bridgehead atoms. The topological polar surface area (TPSA) is 424 Å². The van der Waals surface area contributed by atoms with Gasteiger partial charge >= 0.3 is 51.5 Å². The number of alkyl halides is 6. The highest BCUT2D eigenvalue weighted by molar-refractivity contribution is 9.11. The molecule has 0 fully saturated rings. The minimum absolute atomic E-state index is 0.103. The maximum atomic E-state index is 14.7. The van der Waals surface area contributed by atoms with Crippen LogP contribution in [0.4, 0.5) is 26.3 Å². The molecule has 40 heteroatoms. The normalized spacial score (nSPS) is 10.9. The first-order chi connectivity index (χ1) is 49.4. The molecule has 9 rings (SSSR count). The molecule has 28 nitrogen and oxygen atoms in total. The minimum Gasteiger partial charge on any atom is -0.480 e. The van der Waals surface area contributed by atoms with E-state index in [4.69, 9.17) is 15.9 Å². The van der Waals surface area contributed by atoms with Crippen molar-refractivity contribution in [3.8, 4) is 35.3 Å². The number of aliphatic carboxylic acids is 2. The number of imidazole rings is 3. The second-order valence-corrected chi connectivity index (χ2v) is 25.7. The van der Waals surface area contributed by atoms with Gasteiger partial charge in [0.1, 0.15) is 33.4 Å². The van der Waals surface area contributed by atoms with Crippen molar-refractivity contribution >= 4 is 169 Å². The van der Waals surface area contributed by atoms with Gasteiger partial charge in [0, 0.05) is 32.3 Å². The molecular formula is C64H52Br3F6N15O13S3. The Balaban J connectivity index is 0.000000230. The number of carboxylic acids is 2. The van der Waals surface area contributed by atoms with E-state index >= 15 is 0 Å². The molecule has 0 radical (unpaired) electrons. The van der Waals surface area contributed by atoms with Gasteiger partial charge in [0.2, 0.25) is 17.7 Å². The number of nitriles is 3. The van der Waals surface area contributed by atoms with Crippen molar-refractivity contribution in [2.24, 2.45) is 5.73 Å². The van der Waals surface area contributed by atoms with Crippen molar-refractivity contribution in [3.63, 3.8) is 0 Å². The predicted molar refractivity (Wildman–Crippen MR) is 376 cm³/mol. The fourth-order valence-electron chi connectivity index (χ4n) is 8.69. The van der Waals surface area contributed by atoms with Gasteiger partial charge in [-0.15, -0.1) is 0 Å². The van der Waals surface area contributed by atoms with Gasteiger partial charge in [0.05, 0.1) is 103 Å². The van der Waals surface area contributed by atoms with E-state index in [0.29, 0.717) is 86.5 Å². The number of nitrogens with two attached hydrogens (primary N) is 1. The summed E-state index contributed by atoms with van der Waals surface area (Å²) in [4.78, 5) is 113. The van der Waals surface area contributed by atoms with E-state index in [1.54, 1.807) is 128 Å². The number of benzene rings is 6. The number of halogens is 9. The number of aromatic nitrogens is 6. The number of rotatable bonds is 25. The van der Waals surface area contributed by atoms with Crippen LogP contribution in [-0.2, 0) is 52.6 Å². The van der Waals surface area contributed by atoms with Crippen LogP contribution < -0.4 is 32.3 Å². The molecule has 0 spiro atoms. The monoisotopic (exact) mass is 1690 g/mol. The van der Waals surface area contributed by atoms with Crippen molar-refractivity contribution in [1.82, 2.24) is 55.2 Å². The van der Waals surface area contributed by atoms with Gasteiger partial charge < -0.3 is 52.0 Å². The highest BCUT2D eigenvalue weighted by atomic mass is 79.9. The number of esters is 2. The van der Waals surface area contributed by atoms with Gasteiger partial charge in [-0.05, 0) is 133 Å². The number of carbonyl (C=O) groups excluding carboxylic acids is 7. The molecule has 5 amide bonds. The van der Waals surface area contributed by atoms with E-state index in [-0.39, 0.29) is 76.4 Å². The smallest absolute Gasteiger partial charge is 0.395 e. The summed E-state index contributed by atoms with van der Waals surface area (Å²) < 4.78 is 100. The van der Waals surface area contributed by atoms with E-state index in [1.165, 1.54) is 32.3 Å². The molecule has 0 aliphatic carbocycles. The molecule has 0 saturated heterocycles. The summed E-state index contributed by atoms with van der Waals surface area (Å²) in [5, 5.41) is 46.3. The lowest BCUT2D eigenvalue weighted by Gasteiger charge is -2.17. The lowest BCUT2D eigenvalue weighted by atomic mass is 10.0. The maximum absolute atomic E-state index is 14.7. The van der Waals surface area contributed by atoms with Crippen molar-refractivity contribution < 1.29 is 89.2 Å². The first-order valence-corrected chi connectivity index (χ1v) is 34.2. The molecule has 9 N–H and O–H groups in total. The molecule has 3 aromatic heterocycles. The Morgan fingerprint density at radius 1 is 0.462 bits per heavy atom. The summed E-state index contributed by atoms with van der Waals surface area (Å²) in [5.74, 6) is -10.3. The van der Waals surface area contributed by atoms with Gasteiger partial charge in [-0.1, -0.05) is 72.8 Å². The lowest BCUT2D eigenvalue weighted by Crippen LogP contribution is -2.44. The second kappa shape index (κ2) is 38.1. The van der Waals surface area contributed by atoms with E-state index < -0.39 is 89.4 Å². The summed E-state index contributed by atoms with van der Waals surface area (Å²) in [5.41, 5.74) is 7.67. The minimum atomic E-state index is -4.02. The Morgan fingerprint density at radius 2 is 0.760 bits per heavy atom. The molecule has 104 heavy (non-hydrogen) atoms. The Hall–Kier alpha value is -10.5. The number of nitrogens with zero attached hydrogens (tertiary/aromatic N) is 9. The Labute approximate surface area is 621 Å². The average Bonchev–Trinajstić information content (AvgIpc) is 1.46. The zero-order chi connectivity index (χ0) is 76.6. The van der Waals surface area contributed by atoms with Crippen LogP contribution in [0.25, 0.3) is 49.4 Å². The van der Waals surface area contributed by atoms with Gasteiger partial charge in [-0.3, -0.25) is 52.1 Å². The van der Waals surface area contributed by atoms with Gasteiger partial charge in [0.25, 0.3) is 0 Å². The highest BCUT2D eigenvalue weighted by Gasteiger charge is 2.45. The molecule has 3 heterocycles. The number of fused-ring (bicyclic) bond motifs is 3. The quantitative estimate of drug-likeness (QED) is 0.0150. The Kier molecular flexibility index (Phi) is 30.2. The van der Waals surface area contributed by atoms with Crippen LogP contribution in [0.3, 0.4) is 0 Å². The van der Waals surface area contributed by atoms with Gasteiger partial charge in [0.15, 0.2) is 15.5 Å². The zero-order valence-corrected chi connectivity index (χ0v) is 60.6. The number of carboxylic acid groups (broad SMARTS) is 2. The molecule has 0 aliphatic heterocycles. The van der Waals surface area contributed by atoms with Crippen LogP contribution in [0.2, 0.25) is 0 Å². The molecule has 6 aromatic carbocycles. The van der Waals surface area contributed by atoms with E-state index in [9.17, 15) is 85.3 Å². The maximum Gasteiger partial charge on any atom is 0.395 e. The van der Waals surface area contributed by atoms with Crippen LogP contribution in [0, 0.1) is 34.0 Å². The van der Waals surface area contributed by atoms with Crippen LogP contribution in [0.15, 0.2) is 157 Å². The summed E-state index contributed by atoms with van der Waals surface area (Å²) in [6.07, 6.45) is 3.92. The van der Waals surface area contributed by atoms with Crippen LogP contribution in [0.5, 0.6) is 0 Å². The number of carbonyl (C=O) groups is 9. The molecule has 0 aliphatic rings. The first kappa shape index (κ1) is 82.4. The number of thioether (sulfide) groups is 3. The third-order valence-electron chi connectivity index (χ3n) is 13.2. The molecule has 542 valence electrons. The van der Waals surface area contributed by atoms with E-state index in [2.05, 4.69) is 101 Å². The second-order valence-electron chi connectivity index (χ2n) is 20.0. The number of nitrogens with one attached hydrogen (secondary N) is 5. The van der Waals surface area contributed by atoms with Crippen molar-refractivity contribution in [3.05, 3.63) is 158 Å². The van der Waals surface area contributed by atoms with E-state index in [1.807, 2.05) is 10.6 Å². The fourth-order valence-corrected chi connectivity index (χ4v) is 12.7. The summed E-state index contributed by atoms with van der Waals surface area (Å²) in [6, 6.07) is 36.7. The number of ether oxygens (including phenoxy) is 2. The van der Waals surface area contributed by atoms with Crippen LogP contribution in [0.1, 0.15) is 30.5 Å². The molecule has 0 unspecified atom stereocenters. The third-order valence-corrected chi connectivity index (χ3v) is 17.6. The van der Waals surface area contributed by atoms with E-state index in [0.717, 1.165) is 0 Å². The highest BCUT2D eigenvalue weighted by Crippen LogP contribution is 2.43. The van der Waals surface area contributed by atoms with Gasteiger partial charge in [-0.2, -0.15) is 42.1 Å². The Morgan fingerprint density at radius 3 is 1.05 bits per heavy atom. The lowest BCUT2D eigenvalue weighted by molar-refractivity contribution is -0.153. The number of hydrogen-bond donors (Lipinski definition) is 8.